The van der Waals surface area contributed by atoms with Crippen LogP contribution in [0, 0.1) is 12.3 Å². The quantitative estimate of drug-likeness (QED) is 0.312. The molecule has 7 heteroatoms. The number of nitrogens with zero attached hydrogens (tertiary/aromatic N) is 3. The van der Waals surface area contributed by atoms with Gasteiger partial charge in [-0.15, -0.1) is 0 Å². The van der Waals surface area contributed by atoms with Gasteiger partial charge in [-0.2, -0.15) is 5.10 Å². The first-order chi connectivity index (χ1) is 9.41. The molecule has 1 heterocycles. The second-order valence-corrected chi connectivity index (χ2v) is 4.87. The fraction of sp³-hybridized carbons (Fsp3) is 0.615. The summed E-state index contributed by atoms with van der Waals surface area (Å²) in [6.07, 6.45) is 2.80. The fourth-order valence-corrected chi connectivity index (χ4v) is 2.31. The van der Waals surface area contributed by atoms with Crippen molar-refractivity contribution in [3.8, 4) is 0 Å². The van der Waals surface area contributed by atoms with E-state index in [1.807, 2.05) is 34.0 Å². The maximum Gasteiger partial charge on any atom is 0.234 e. The SMILES string of the molecule is CCC(CC)(C(=O)NCc1cn(C)nc1C)C(N)=NO. The molecule has 0 atom stereocenters. The lowest BCUT2D eigenvalue weighted by Gasteiger charge is -2.28. The van der Waals surface area contributed by atoms with Crippen LogP contribution < -0.4 is 11.1 Å². The smallest absolute Gasteiger partial charge is 0.234 e. The number of aryl methyl sites for hydroxylation is 2. The van der Waals surface area contributed by atoms with Gasteiger partial charge in [0.25, 0.3) is 0 Å². The van der Waals surface area contributed by atoms with Crippen LogP contribution in [0.5, 0.6) is 0 Å². The van der Waals surface area contributed by atoms with Crippen molar-refractivity contribution < 1.29 is 10.0 Å². The largest absolute Gasteiger partial charge is 0.409 e. The Labute approximate surface area is 118 Å². The van der Waals surface area contributed by atoms with E-state index >= 15 is 0 Å². The molecule has 0 radical (unpaired) electrons. The second kappa shape index (κ2) is 6.40. The standard InChI is InChI=1S/C13H23N5O2/c1-5-13(6-2,11(14)17-20)12(19)15-7-10-8-18(4)16-9(10)3/h8,20H,5-7H2,1-4H3,(H2,14,17)(H,15,19). The van der Waals surface area contributed by atoms with Crippen LogP contribution in [0.4, 0.5) is 0 Å². The third-order valence-corrected chi connectivity index (χ3v) is 3.79. The van der Waals surface area contributed by atoms with Gasteiger partial charge in [-0.3, -0.25) is 9.48 Å². The lowest BCUT2D eigenvalue weighted by Crippen LogP contribution is -2.49. The Hall–Kier alpha value is -2.05. The minimum Gasteiger partial charge on any atom is -0.409 e. The molecule has 1 amide bonds. The van der Waals surface area contributed by atoms with Crippen molar-refractivity contribution >= 4 is 11.7 Å². The van der Waals surface area contributed by atoms with Crippen LogP contribution in [-0.4, -0.2) is 26.7 Å². The molecule has 0 aliphatic heterocycles. The van der Waals surface area contributed by atoms with Gasteiger partial charge < -0.3 is 16.3 Å². The van der Waals surface area contributed by atoms with Gasteiger partial charge in [0.1, 0.15) is 5.41 Å². The van der Waals surface area contributed by atoms with Gasteiger partial charge in [0.2, 0.25) is 5.91 Å². The Morgan fingerprint density at radius 2 is 2.15 bits per heavy atom. The summed E-state index contributed by atoms with van der Waals surface area (Å²) in [7, 11) is 1.83. The molecule has 0 spiro atoms. The summed E-state index contributed by atoms with van der Waals surface area (Å²) in [4.78, 5) is 12.4. The lowest BCUT2D eigenvalue weighted by atomic mass is 9.80. The first-order valence-electron chi connectivity index (χ1n) is 6.66. The third kappa shape index (κ3) is 2.92. The molecule has 4 N–H and O–H groups in total. The first kappa shape index (κ1) is 16.0. The van der Waals surface area contributed by atoms with E-state index < -0.39 is 5.41 Å². The number of carbonyl (C=O) groups is 1. The molecular formula is C13H23N5O2. The summed E-state index contributed by atoms with van der Waals surface area (Å²) in [6, 6.07) is 0. The summed E-state index contributed by atoms with van der Waals surface area (Å²) in [5.74, 6) is -0.288. The maximum atomic E-state index is 12.4. The molecule has 112 valence electrons. The molecule has 0 bridgehead atoms. The molecule has 20 heavy (non-hydrogen) atoms. The van der Waals surface area contributed by atoms with Gasteiger partial charge in [0, 0.05) is 25.4 Å². The van der Waals surface area contributed by atoms with Gasteiger partial charge in [0.05, 0.1) is 5.69 Å². The zero-order valence-corrected chi connectivity index (χ0v) is 12.5. The van der Waals surface area contributed by atoms with Crippen molar-refractivity contribution in [2.45, 2.75) is 40.2 Å². The third-order valence-electron chi connectivity index (χ3n) is 3.79. The van der Waals surface area contributed by atoms with E-state index in [1.165, 1.54) is 0 Å². The van der Waals surface area contributed by atoms with Crippen LogP contribution in [0.1, 0.15) is 37.9 Å². The molecule has 1 aromatic rings. The highest BCUT2D eigenvalue weighted by Crippen LogP contribution is 2.27. The fourth-order valence-electron chi connectivity index (χ4n) is 2.31. The van der Waals surface area contributed by atoms with Gasteiger partial charge in [0.15, 0.2) is 5.84 Å². The number of amides is 1. The number of nitrogens with two attached hydrogens (primary N) is 1. The lowest BCUT2D eigenvalue weighted by molar-refractivity contribution is -0.128. The molecule has 0 aromatic carbocycles. The molecule has 0 saturated heterocycles. The highest BCUT2D eigenvalue weighted by molar-refractivity contribution is 6.06. The molecular weight excluding hydrogens is 258 g/mol. The number of amidine groups is 1. The Morgan fingerprint density at radius 1 is 1.55 bits per heavy atom. The highest BCUT2D eigenvalue weighted by Gasteiger charge is 2.39. The molecule has 0 unspecified atom stereocenters. The number of hydrogen-bond acceptors (Lipinski definition) is 4. The summed E-state index contributed by atoms with van der Waals surface area (Å²) in [5, 5.41) is 19.0. The predicted octanol–water partition coefficient (Wildman–Crippen LogP) is 0.898. The monoisotopic (exact) mass is 281 g/mol. The summed E-state index contributed by atoms with van der Waals surface area (Å²) < 4.78 is 1.70. The van der Waals surface area contributed by atoms with E-state index in [0.29, 0.717) is 19.4 Å². The van der Waals surface area contributed by atoms with E-state index in [-0.39, 0.29) is 11.7 Å². The van der Waals surface area contributed by atoms with Crippen molar-refractivity contribution in [2.24, 2.45) is 23.4 Å². The molecule has 0 aliphatic rings. The van der Waals surface area contributed by atoms with E-state index in [1.54, 1.807) is 4.68 Å². The summed E-state index contributed by atoms with van der Waals surface area (Å²) in [6.45, 7) is 5.95. The number of nitrogens with one attached hydrogen (secondary N) is 1. The van der Waals surface area contributed by atoms with Crippen LogP contribution in [-0.2, 0) is 18.4 Å². The second-order valence-electron chi connectivity index (χ2n) is 4.87. The maximum absolute atomic E-state index is 12.4. The van der Waals surface area contributed by atoms with Crippen LogP contribution >= 0.6 is 0 Å². The van der Waals surface area contributed by atoms with Crippen LogP contribution in [0.15, 0.2) is 11.4 Å². The average Bonchev–Trinajstić information content (AvgIpc) is 2.76. The zero-order valence-electron chi connectivity index (χ0n) is 12.5. The van der Waals surface area contributed by atoms with Crippen LogP contribution in [0.3, 0.4) is 0 Å². The molecule has 7 nitrogen and oxygen atoms in total. The highest BCUT2D eigenvalue weighted by atomic mass is 16.4. The van der Waals surface area contributed by atoms with E-state index in [2.05, 4.69) is 15.6 Å². The minimum atomic E-state index is -0.967. The molecule has 0 saturated carbocycles. The average molecular weight is 281 g/mol. The number of rotatable bonds is 6. The van der Waals surface area contributed by atoms with Crippen LogP contribution in [0.25, 0.3) is 0 Å². The van der Waals surface area contributed by atoms with E-state index in [0.717, 1.165) is 11.3 Å². The van der Waals surface area contributed by atoms with Gasteiger partial charge in [-0.05, 0) is 19.8 Å². The van der Waals surface area contributed by atoms with Crippen molar-refractivity contribution in [3.63, 3.8) is 0 Å². The number of carbonyl (C=O) groups excluding carboxylic acids is 1. The number of aromatic nitrogens is 2. The number of oxime groups is 1. The number of hydrogen-bond donors (Lipinski definition) is 3. The predicted molar refractivity (Wildman–Crippen MR) is 76.2 cm³/mol. The van der Waals surface area contributed by atoms with Gasteiger partial charge >= 0.3 is 0 Å². The molecule has 0 aliphatic carbocycles. The Kier molecular flexibility index (Phi) is 5.12. The van der Waals surface area contributed by atoms with E-state index in [4.69, 9.17) is 10.9 Å². The van der Waals surface area contributed by atoms with Crippen molar-refractivity contribution in [3.05, 3.63) is 17.5 Å². The van der Waals surface area contributed by atoms with Gasteiger partial charge in [-0.1, -0.05) is 19.0 Å². The van der Waals surface area contributed by atoms with Gasteiger partial charge in [-0.25, -0.2) is 0 Å². The normalized spacial score (nSPS) is 12.5. The Bertz CT molecular complexity index is 503. The minimum absolute atomic E-state index is 0.0529. The van der Waals surface area contributed by atoms with E-state index in [9.17, 15) is 4.79 Å². The van der Waals surface area contributed by atoms with Crippen molar-refractivity contribution in [2.75, 3.05) is 0 Å². The Balaban J connectivity index is 2.85. The Morgan fingerprint density at radius 3 is 2.55 bits per heavy atom. The van der Waals surface area contributed by atoms with Crippen molar-refractivity contribution in [1.29, 1.82) is 0 Å². The zero-order chi connectivity index (χ0) is 15.3. The molecule has 1 aromatic heterocycles. The topological polar surface area (TPSA) is 106 Å². The van der Waals surface area contributed by atoms with Crippen LogP contribution in [0.2, 0.25) is 0 Å². The molecule has 0 fully saturated rings. The summed E-state index contributed by atoms with van der Waals surface area (Å²) in [5.41, 5.74) is 6.55. The molecule has 1 rings (SSSR count). The summed E-state index contributed by atoms with van der Waals surface area (Å²) >= 11 is 0. The van der Waals surface area contributed by atoms with Crippen molar-refractivity contribution in [1.82, 2.24) is 15.1 Å². The first-order valence-corrected chi connectivity index (χ1v) is 6.66.